The van der Waals surface area contributed by atoms with E-state index < -0.39 is 0 Å². The first-order valence-corrected chi connectivity index (χ1v) is 7.89. The molecular weight excluding hydrogens is 222 g/mol. The molecule has 0 radical (unpaired) electrons. The normalized spacial score (nSPS) is 16.0. The van der Waals surface area contributed by atoms with E-state index in [4.69, 9.17) is 0 Å². The molecule has 0 aliphatic heterocycles. The molecule has 0 heterocycles. The SMILES string of the molecule is CCC(CSC)N(C)CC(CS)C(C)C. The fraction of sp³-hybridized carbons (Fsp3) is 1.00. The Bertz CT molecular complexity index is 151. The summed E-state index contributed by atoms with van der Waals surface area (Å²) in [7, 11) is 2.25. The second kappa shape index (κ2) is 8.77. The molecule has 2 unspecified atom stereocenters. The molecule has 92 valence electrons. The zero-order valence-corrected chi connectivity index (χ0v) is 12.6. The highest BCUT2D eigenvalue weighted by Crippen LogP contribution is 2.17. The minimum Gasteiger partial charge on any atom is -0.302 e. The second-order valence-corrected chi connectivity index (χ2v) is 5.92. The number of thioether (sulfide) groups is 1. The summed E-state index contributed by atoms with van der Waals surface area (Å²) in [5.41, 5.74) is 0. The molecular formula is C12H27NS2. The molecule has 0 fully saturated rings. The maximum atomic E-state index is 4.45. The van der Waals surface area contributed by atoms with E-state index in [9.17, 15) is 0 Å². The van der Waals surface area contributed by atoms with Crippen molar-refractivity contribution < 1.29 is 0 Å². The molecule has 15 heavy (non-hydrogen) atoms. The first-order valence-electron chi connectivity index (χ1n) is 5.86. The van der Waals surface area contributed by atoms with Crippen LogP contribution in [0.3, 0.4) is 0 Å². The van der Waals surface area contributed by atoms with E-state index in [0.717, 1.165) is 17.7 Å². The summed E-state index contributed by atoms with van der Waals surface area (Å²) in [6.07, 6.45) is 3.43. The molecule has 0 aliphatic carbocycles. The van der Waals surface area contributed by atoms with E-state index >= 15 is 0 Å². The summed E-state index contributed by atoms with van der Waals surface area (Å²) in [6, 6.07) is 0.723. The Morgan fingerprint density at radius 1 is 1.33 bits per heavy atom. The summed E-state index contributed by atoms with van der Waals surface area (Å²) in [4.78, 5) is 2.51. The van der Waals surface area contributed by atoms with Gasteiger partial charge >= 0.3 is 0 Å². The summed E-state index contributed by atoms with van der Waals surface area (Å²) >= 11 is 6.39. The Balaban J connectivity index is 4.11. The first kappa shape index (κ1) is 15.7. The highest BCUT2D eigenvalue weighted by atomic mass is 32.2. The lowest BCUT2D eigenvalue weighted by molar-refractivity contribution is 0.202. The predicted octanol–water partition coefficient (Wildman–Crippen LogP) is 3.26. The van der Waals surface area contributed by atoms with E-state index in [1.54, 1.807) is 0 Å². The number of nitrogens with zero attached hydrogens (tertiary/aromatic N) is 1. The minimum atomic E-state index is 0.717. The van der Waals surface area contributed by atoms with Crippen molar-refractivity contribution in [3.63, 3.8) is 0 Å². The van der Waals surface area contributed by atoms with E-state index in [1.807, 2.05) is 11.8 Å². The van der Waals surface area contributed by atoms with Crippen molar-refractivity contribution in [2.75, 3.05) is 31.4 Å². The summed E-state index contributed by atoms with van der Waals surface area (Å²) < 4.78 is 0. The molecule has 0 saturated carbocycles. The van der Waals surface area contributed by atoms with Crippen LogP contribution in [0.2, 0.25) is 0 Å². The average molecular weight is 249 g/mol. The van der Waals surface area contributed by atoms with Crippen molar-refractivity contribution in [2.24, 2.45) is 11.8 Å². The summed E-state index contributed by atoms with van der Waals surface area (Å²) in [5.74, 6) is 3.69. The van der Waals surface area contributed by atoms with Gasteiger partial charge in [-0.15, -0.1) is 0 Å². The molecule has 0 aromatic carbocycles. The number of hydrogen-bond donors (Lipinski definition) is 1. The number of rotatable bonds is 8. The van der Waals surface area contributed by atoms with Gasteiger partial charge in [-0.2, -0.15) is 24.4 Å². The summed E-state index contributed by atoms with van der Waals surface area (Å²) in [6.45, 7) is 8.05. The van der Waals surface area contributed by atoms with Gasteiger partial charge in [-0.05, 0) is 37.3 Å². The van der Waals surface area contributed by atoms with E-state index in [1.165, 1.54) is 18.7 Å². The third-order valence-corrected chi connectivity index (χ3v) is 4.34. The molecule has 0 aromatic rings. The smallest absolute Gasteiger partial charge is 0.0180 e. The molecule has 0 bridgehead atoms. The van der Waals surface area contributed by atoms with Crippen LogP contribution in [0.5, 0.6) is 0 Å². The van der Waals surface area contributed by atoms with Crippen molar-refractivity contribution in [3.05, 3.63) is 0 Å². The van der Waals surface area contributed by atoms with Gasteiger partial charge < -0.3 is 4.90 Å². The van der Waals surface area contributed by atoms with Crippen LogP contribution in [0.15, 0.2) is 0 Å². The molecule has 2 atom stereocenters. The van der Waals surface area contributed by atoms with Crippen molar-refractivity contribution in [1.29, 1.82) is 0 Å². The Hall–Kier alpha value is 0.660. The Kier molecular flexibility index (Phi) is 9.16. The minimum absolute atomic E-state index is 0.717. The lowest BCUT2D eigenvalue weighted by atomic mass is 9.97. The standard InChI is InChI=1S/C12H27NS2/c1-6-12(9-15-5)13(4)7-11(8-14)10(2)3/h10-12,14H,6-9H2,1-5H3. The lowest BCUT2D eigenvalue weighted by Crippen LogP contribution is -2.38. The molecule has 0 rings (SSSR count). The van der Waals surface area contributed by atoms with Gasteiger partial charge in [-0.3, -0.25) is 0 Å². The lowest BCUT2D eigenvalue weighted by Gasteiger charge is -2.31. The molecule has 0 N–H and O–H groups in total. The molecule has 1 nitrogen and oxygen atoms in total. The Morgan fingerprint density at radius 2 is 1.93 bits per heavy atom. The van der Waals surface area contributed by atoms with Gasteiger partial charge in [-0.1, -0.05) is 20.8 Å². The molecule has 0 spiro atoms. The summed E-state index contributed by atoms with van der Waals surface area (Å²) in [5, 5.41) is 0. The number of thiol groups is 1. The van der Waals surface area contributed by atoms with Crippen LogP contribution in [-0.4, -0.2) is 42.3 Å². The second-order valence-electron chi connectivity index (χ2n) is 4.64. The van der Waals surface area contributed by atoms with Crippen LogP contribution >= 0.6 is 24.4 Å². The zero-order chi connectivity index (χ0) is 11.8. The highest BCUT2D eigenvalue weighted by molar-refractivity contribution is 7.98. The van der Waals surface area contributed by atoms with Gasteiger partial charge in [-0.25, -0.2) is 0 Å². The molecule has 0 amide bonds. The van der Waals surface area contributed by atoms with Crippen LogP contribution in [0.25, 0.3) is 0 Å². The first-order chi connectivity index (χ1) is 7.06. The van der Waals surface area contributed by atoms with Crippen LogP contribution in [0.1, 0.15) is 27.2 Å². The van der Waals surface area contributed by atoms with Gasteiger partial charge in [0.15, 0.2) is 0 Å². The van der Waals surface area contributed by atoms with Crippen molar-refractivity contribution in [2.45, 2.75) is 33.2 Å². The maximum Gasteiger partial charge on any atom is 0.0180 e. The third-order valence-electron chi connectivity index (χ3n) is 3.15. The Labute approximate surface area is 106 Å². The molecule has 0 aromatic heterocycles. The number of hydrogen-bond acceptors (Lipinski definition) is 3. The van der Waals surface area contributed by atoms with Crippen molar-refractivity contribution in [3.8, 4) is 0 Å². The van der Waals surface area contributed by atoms with Gasteiger partial charge in [0, 0.05) is 18.3 Å². The van der Waals surface area contributed by atoms with E-state index in [-0.39, 0.29) is 0 Å². The third kappa shape index (κ3) is 6.08. The fourth-order valence-corrected chi connectivity index (χ4v) is 3.16. The maximum absolute atomic E-state index is 4.45. The fourth-order valence-electron chi connectivity index (χ4n) is 1.75. The van der Waals surface area contributed by atoms with Crippen LogP contribution < -0.4 is 0 Å². The monoisotopic (exact) mass is 249 g/mol. The van der Waals surface area contributed by atoms with Crippen molar-refractivity contribution in [1.82, 2.24) is 4.90 Å². The van der Waals surface area contributed by atoms with Crippen LogP contribution in [-0.2, 0) is 0 Å². The van der Waals surface area contributed by atoms with Gasteiger partial charge in [0.1, 0.15) is 0 Å². The van der Waals surface area contributed by atoms with Gasteiger partial charge in [0.2, 0.25) is 0 Å². The highest BCUT2D eigenvalue weighted by Gasteiger charge is 2.18. The zero-order valence-electron chi connectivity index (χ0n) is 10.9. The predicted molar refractivity (Wildman–Crippen MR) is 77.3 cm³/mol. The molecule has 3 heteroatoms. The van der Waals surface area contributed by atoms with E-state index in [2.05, 4.69) is 51.6 Å². The largest absolute Gasteiger partial charge is 0.302 e. The quantitative estimate of drug-likeness (QED) is 0.658. The van der Waals surface area contributed by atoms with Gasteiger partial charge in [0.05, 0.1) is 0 Å². The van der Waals surface area contributed by atoms with Crippen molar-refractivity contribution >= 4 is 24.4 Å². The van der Waals surface area contributed by atoms with Gasteiger partial charge in [0.25, 0.3) is 0 Å². The Morgan fingerprint density at radius 3 is 2.27 bits per heavy atom. The van der Waals surface area contributed by atoms with Crippen LogP contribution in [0.4, 0.5) is 0 Å². The topological polar surface area (TPSA) is 3.24 Å². The molecule has 0 saturated heterocycles. The van der Waals surface area contributed by atoms with Crippen LogP contribution in [0, 0.1) is 11.8 Å². The average Bonchev–Trinajstić information content (AvgIpc) is 2.21. The molecule has 0 aliphatic rings. The van der Waals surface area contributed by atoms with E-state index in [0.29, 0.717) is 5.92 Å².